The summed E-state index contributed by atoms with van der Waals surface area (Å²) < 4.78 is 18.2. The zero-order chi connectivity index (χ0) is 13.0. The van der Waals surface area contributed by atoms with Gasteiger partial charge in [0, 0.05) is 6.42 Å². The summed E-state index contributed by atoms with van der Waals surface area (Å²) in [4.78, 5) is 10.4. The van der Waals surface area contributed by atoms with Crippen LogP contribution in [0.25, 0.3) is 0 Å². The molecule has 18 heavy (non-hydrogen) atoms. The Bertz CT molecular complexity index is 554. The third-order valence-corrected chi connectivity index (χ3v) is 2.31. The molecule has 0 aliphatic heterocycles. The number of hydrogen-bond acceptors (Lipinski definition) is 4. The van der Waals surface area contributed by atoms with Crippen LogP contribution in [-0.4, -0.2) is 21.3 Å². The van der Waals surface area contributed by atoms with Crippen LogP contribution in [0, 0.1) is 5.82 Å². The summed E-state index contributed by atoms with van der Waals surface area (Å²) >= 11 is 0. The lowest BCUT2D eigenvalue weighted by atomic mass is 10.1. The summed E-state index contributed by atoms with van der Waals surface area (Å²) in [5.41, 5.74) is 0.725. The molecule has 0 atom stereocenters. The number of nitrogens with zero attached hydrogens (tertiary/aromatic N) is 2. The summed E-state index contributed by atoms with van der Waals surface area (Å²) in [6, 6.07) is 6.10. The van der Waals surface area contributed by atoms with E-state index in [2.05, 4.69) is 10.2 Å². The molecule has 0 radical (unpaired) electrons. The van der Waals surface area contributed by atoms with Crippen molar-refractivity contribution in [2.75, 3.05) is 0 Å². The van der Waals surface area contributed by atoms with E-state index in [4.69, 9.17) is 9.52 Å². The SMILES string of the molecule is O=C(O)CCc1nnc(Cc2cccc(F)c2)o1. The molecule has 1 N–H and O–H groups in total. The number of aryl methyl sites for hydroxylation is 1. The molecule has 0 unspecified atom stereocenters. The van der Waals surface area contributed by atoms with E-state index in [9.17, 15) is 9.18 Å². The Kier molecular flexibility index (Phi) is 3.66. The Hall–Kier alpha value is -2.24. The van der Waals surface area contributed by atoms with Crippen LogP contribution in [0.1, 0.15) is 23.8 Å². The molecule has 0 bridgehead atoms. The largest absolute Gasteiger partial charge is 0.481 e. The minimum Gasteiger partial charge on any atom is -0.481 e. The monoisotopic (exact) mass is 250 g/mol. The van der Waals surface area contributed by atoms with Crippen LogP contribution >= 0.6 is 0 Å². The molecule has 0 saturated heterocycles. The number of carboxylic acids is 1. The summed E-state index contributed by atoms with van der Waals surface area (Å²) in [5.74, 6) is -0.609. The Morgan fingerprint density at radius 1 is 1.33 bits per heavy atom. The Balaban J connectivity index is 2.00. The normalized spacial score (nSPS) is 10.5. The molecule has 2 aromatic rings. The standard InChI is InChI=1S/C12H11FN2O3/c13-9-3-1-2-8(6-9)7-11-15-14-10(18-11)4-5-12(16)17/h1-3,6H,4-5,7H2,(H,16,17). The average molecular weight is 250 g/mol. The van der Waals surface area contributed by atoms with Crippen molar-refractivity contribution in [2.24, 2.45) is 0 Å². The lowest BCUT2D eigenvalue weighted by Gasteiger charge is -1.96. The Morgan fingerprint density at radius 2 is 2.11 bits per heavy atom. The highest BCUT2D eigenvalue weighted by Gasteiger charge is 2.09. The van der Waals surface area contributed by atoms with Crippen molar-refractivity contribution in [1.29, 1.82) is 0 Å². The predicted molar refractivity (Wildman–Crippen MR) is 59.5 cm³/mol. The summed E-state index contributed by atoms with van der Waals surface area (Å²) in [7, 11) is 0. The minimum absolute atomic E-state index is 0.0540. The maximum atomic E-state index is 13.0. The van der Waals surface area contributed by atoms with Gasteiger partial charge < -0.3 is 9.52 Å². The van der Waals surface area contributed by atoms with E-state index in [1.165, 1.54) is 12.1 Å². The highest BCUT2D eigenvalue weighted by Crippen LogP contribution is 2.10. The van der Waals surface area contributed by atoms with E-state index in [1.807, 2.05) is 0 Å². The molecule has 6 heteroatoms. The second kappa shape index (κ2) is 5.39. The smallest absolute Gasteiger partial charge is 0.303 e. The molecule has 94 valence electrons. The lowest BCUT2D eigenvalue weighted by molar-refractivity contribution is -0.137. The van der Waals surface area contributed by atoms with Gasteiger partial charge in [-0.25, -0.2) is 4.39 Å². The van der Waals surface area contributed by atoms with Crippen molar-refractivity contribution in [2.45, 2.75) is 19.3 Å². The van der Waals surface area contributed by atoms with Gasteiger partial charge in [0.05, 0.1) is 12.8 Å². The molecule has 0 spiro atoms. The van der Waals surface area contributed by atoms with Crippen molar-refractivity contribution < 1.29 is 18.7 Å². The minimum atomic E-state index is -0.917. The van der Waals surface area contributed by atoms with Crippen LogP contribution in [0.2, 0.25) is 0 Å². The van der Waals surface area contributed by atoms with E-state index in [1.54, 1.807) is 12.1 Å². The fourth-order valence-electron chi connectivity index (χ4n) is 1.50. The second-order valence-electron chi connectivity index (χ2n) is 3.79. The molecule has 0 aliphatic rings. The first-order chi connectivity index (χ1) is 8.63. The van der Waals surface area contributed by atoms with E-state index in [0.29, 0.717) is 12.3 Å². The maximum absolute atomic E-state index is 13.0. The van der Waals surface area contributed by atoms with Gasteiger partial charge in [-0.15, -0.1) is 10.2 Å². The summed E-state index contributed by atoms with van der Waals surface area (Å²) in [6.07, 6.45) is 0.477. The lowest BCUT2D eigenvalue weighted by Crippen LogP contribution is -1.97. The maximum Gasteiger partial charge on any atom is 0.303 e. The number of aliphatic carboxylic acids is 1. The number of halogens is 1. The summed E-state index contributed by atoms with van der Waals surface area (Å²) in [6.45, 7) is 0. The predicted octanol–water partition coefficient (Wildman–Crippen LogP) is 1.82. The zero-order valence-corrected chi connectivity index (χ0v) is 9.47. The van der Waals surface area contributed by atoms with Crippen LogP contribution in [0.5, 0.6) is 0 Å². The fourth-order valence-corrected chi connectivity index (χ4v) is 1.50. The third kappa shape index (κ3) is 3.38. The first kappa shape index (κ1) is 12.2. The highest BCUT2D eigenvalue weighted by molar-refractivity contribution is 5.66. The highest BCUT2D eigenvalue weighted by atomic mass is 19.1. The van der Waals surface area contributed by atoms with Crippen molar-refractivity contribution in [3.8, 4) is 0 Å². The molecule has 0 amide bonds. The first-order valence-electron chi connectivity index (χ1n) is 5.41. The molecule has 1 heterocycles. The van der Waals surface area contributed by atoms with Gasteiger partial charge >= 0.3 is 5.97 Å². The molecule has 0 aliphatic carbocycles. The quantitative estimate of drug-likeness (QED) is 0.875. The van der Waals surface area contributed by atoms with Gasteiger partial charge in [-0.1, -0.05) is 12.1 Å². The molecule has 0 fully saturated rings. The molecular weight excluding hydrogens is 239 g/mol. The van der Waals surface area contributed by atoms with E-state index < -0.39 is 5.97 Å². The van der Waals surface area contributed by atoms with Gasteiger partial charge in [0.15, 0.2) is 0 Å². The number of rotatable bonds is 5. The van der Waals surface area contributed by atoms with Crippen molar-refractivity contribution in [1.82, 2.24) is 10.2 Å². The molecule has 2 rings (SSSR count). The third-order valence-electron chi connectivity index (χ3n) is 2.31. The van der Waals surface area contributed by atoms with Gasteiger partial charge in [0.25, 0.3) is 0 Å². The van der Waals surface area contributed by atoms with Crippen molar-refractivity contribution >= 4 is 5.97 Å². The first-order valence-corrected chi connectivity index (χ1v) is 5.41. The molecule has 1 aromatic carbocycles. The summed E-state index contributed by atoms with van der Waals surface area (Å²) in [5, 5.41) is 16.0. The van der Waals surface area contributed by atoms with Crippen LogP contribution in [0.4, 0.5) is 4.39 Å². The van der Waals surface area contributed by atoms with Crippen LogP contribution in [0.3, 0.4) is 0 Å². The van der Waals surface area contributed by atoms with E-state index in [0.717, 1.165) is 5.56 Å². The number of hydrogen-bond donors (Lipinski definition) is 1. The average Bonchev–Trinajstić information content (AvgIpc) is 2.74. The van der Waals surface area contributed by atoms with E-state index in [-0.39, 0.29) is 24.5 Å². The van der Waals surface area contributed by atoms with Crippen LogP contribution in [0.15, 0.2) is 28.7 Å². The van der Waals surface area contributed by atoms with Crippen molar-refractivity contribution in [3.63, 3.8) is 0 Å². The van der Waals surface area contributed by atoms with Crippen LogP contribution < -0.4 is 0 Å². The number of benzene rings is 1. The molecule has 0 saturated carbocycles. The van der Waals surface area contributed by atoms with Gasteiger partial charge in [-0.3, -0.25) is 4.79 Å². The van der Waals surface area contributed by atoms with Gasteiger partial charge in [-0.05, 0) is 17.7 Å². The Morgan fingerprint density at radius 3 is 2.83 bits per heavy atom. The van der Waals surface area contributed by atoms with Crippen LogP contribution in [-0.2, 0) is 17.6 Å². The Labute approximate surface area is 102 Å². The number of carbonyl (C=O) groups is 1. The van der Waals surface area contributed by atoms with Gasteiger partial charge in [0.1, 0.15) is 5.82 Å². The topological polar surface area (TPSA) is 76.2 Å². The number of carboxylic acid groups (broad SMARTS) is 1. The molecule has 1 aromatic heterocycles. The van der Waals surface area contributed by atoms with Gasteiger partial charge in [0.2, 0.25) is 11.8 Å². The number of aromatic nitrogens is 2. The molecule has 5 nitrogen and oxygen atoms in total. The fraction of sp³-hybridized carbons (Fsp3) is 0.250. The van der Waals surface area contributed by atoms with Gasteiger partial charge in [-0.2, -0.15) is 0 Å². The van der Waals surface area contributed by atoms with E-state index >= 15 is 0 Å². The zero-order valence-electron chi connectivity index (χ0n) is 9.47. The van der Waals surface area contributed by atoms with Crippen molar-refractivity contribution in [3.05, 3.63) is 47.4 Å². The second-order valence-corrected chi connectivity index (χ2v) is 3.79. The molecular formula is C12H11FN2O3.